The van der Waals surface area contributed by atoms with E-state index in [-0.39, 0.29) is 6.61 Å². The van der Waals surface area contributed by atoms with Crippen LogP contribution in [0.4, 0.5) is 0 Å². The van der Waals surface area contributed by atoms with Crippen molar-refractivity contribution in [2.24, 2.45) is 0 Å². The normalized spacial score (nSPS) is 11.8. The van der Waals surface area contributed by atoms with Gasteiger partial charge in [0.1, 0.15) is 0 Å². The van der Waals surface area contributed by atoms with Gasteiger partial charge < -0.3 is 14.9 Å². The molecule has 1 atom stereocenters. The quantitative estimate of drug-likeness (QED) is 0.546. The van der Waals surface area contributed by atoms with Crippen molar-refractivity contribution in [1.29, 1.82) is 0 Å². The van der Waals surface area contributed by atoms with E-state index in [0.29, 0.717) is 5.56 Å². The van der Waals surface area contributed by atoms with E-state index < -0.39 is 23.8 Å². The predicted octanol–water partition coefficient (Wildman–Crippen LogP) is 0.310. The van der Waals surface area contributed by atoms with Crippen LogP contribution in [0.1, 0.15) is 5.56 Å². The lowest BCUT2D eigenvalue weighted by Gasteiger charge is -2.10. The molecule has 2 N–H and O–H groups in total. The van der Waals surface area contributed by atoms with Gasteiger partial charge in [-0.05, 0) is 5.56 Å². The van der Waals surface area contributed by atoms with Gasteiger partial charge in [0.05, 0.1) is 6.61 Å². The zero-order valence-corrected chi connectivity index (χ0v) is 8.70. The van der Waals surface area contributed by atoms with E-state index in [1.807, 2.05) is 0 Å². The minimum atomic E-state index is -1.98. The minimum absolute atomic E-state index is 0.142. The van der Waals surface area contributed by atoms with Crippen LogP contribution in [-0.2, 0) is 25.7 Å². The first-order chi connectivity index (χ1) is 8.02. The van der Waals surface area contributed by atoms with Gasteiger partial charge in [-0.2, -0.15) is 0 Å². The van der Waals surface area contributed by atoms with Gasteiger partial charge in [-0.25, -0.2) is 9.59 Å². The van der Waals surface area contributed by atoms with Crippen LogP contribution < -0.4 is 0 Å². The molecule has 0 saturated carbocycles. The second-order valence-electron chi connectivity index (χ2n) is 3.18. The Hall–Kier alpha value is -2.21. The first kappa shape index (κ1) is 12.9. The summed E-state index contributed by atoms with van der Waals surface area (Å²) < 4.78 is 4.78. The molecule has 1 unspecified atom stereocenters. The molecule has 0 aliphatic carbocycles. The van der Waals surface area contributed by atoms with Crippen molar-refractivity contribution >= 4 is 17.7 Å². The monoisotopic (exact) mass is 238 g/mol. The number of ether oxygens (including phenoxy) is 1. The molecule has 0 heterocycles. The van der Waals surface area contributed by atoms with E-state index in [4.69, 9.17) is 14.9 Å². The lowest BCUT2D eigenvalue weighted by Crippen LogP contribution is -2.37. The highest BCUT2D eigenvalue weighted by Crippen LogP contribution is 2.04. The van der Waals surface area contributed by atoms with Crippen molar-refractivity contribution < 1.29 is 29.3 Å². The summed E-state index contributed by atoms with van der Waals surface area (Å²) in [6.45, 7) is -0.142. The number of hydrogen-bond donors (Lipinski definition) is 2. The number of rotatable bonds is 6. The van der Waals surface area contributed by atoms with Crippen molar-refractivity contribution in [1.82, 2.24) is 0 Å². The number of benzene rings is 1. The van der Waals surface area contributed by atoms with Crippen LogP contribution in [-0.4, -0.2) is 34.0 Å². The maximum Gasteiger partial charge on any atom is 0.375 e. The van der Waals surface area contributed by atoms with Gasteiger partial charge in [-0.15, -0.1) is 0 Å². The molecule has 0 bridgehead atoms. The Bertz CT molecular complexity index is 425. The summed E-state index contributed by atoms with van der Waals surface area (Å²) in [5, 5.41) is 17.1. The number of carbonyl (C=O) groups excluding carboxylic acids is 1. The van der Waals surface area contributed by atoms with Gasteiger partial charge in [-0.1, -0.05) is 30.3 Å². The number of Topliss-reactive ketones (excluding diaryl/α,β-unsaturated/α-hetero) is 1. The first-order valence-corrected chi connectivity index (χ1v) is 4.68. The van der Waals surface area contributed by atoms with E-state index in [0.717, 1.165) is 0 Å². The maximum absolute atomic E-state index is 11.0. The molecule has 0 aliphatic rings. The Morgan fingerprint density at radius 1 is 1.12 bits per heavy atom. The third-order valence-corrected chi connectivity index (χ3v) is 1.93. The summed E-state index contributed by atoms with van der Waals surface area (Å²) in [4.78, 5) is 32.0. The highest BCUT2D eigenvalue weighted by atomic mass is 16.5. The molecule has 1 rings (SSSR count). The molecular weight excluding hydrogens is 228 g/mol. The van der Waals surface area contributed by atoms with Crippen LogP contribution >= 0.6 is 0 Å². The summed E-state index contributed by atoms with van der Waals surface area (Å²) in [6.07, 6.45) is -1.98. The molecule has 0 fully saturated rings. The van der Waals surface area contributed by atoms with Gasteiger partial charge in [0, 0.05) is 0 Å². The van der Waals surface area contributed by atoms with Gasteiger partial charge >= 0.3 is 11.9 Å². The van der Waals surface area contributed by atoms with Crippen molar-refractivity contribution in [3.05, 3.63) is 35.9 Å². The van der Waals surface area contributed by atoms with Crippen LogP contribution in [0.5, 0.6) is 0 Å². The Balaban J connectivity index is 2.66. The molecule has 90 valence electrons. The fraction of sp³-hybridized carbons (Fsp3) is 0.182. The lowest BCUT2D eigenvalue weighted by atomic mass is 10.2. The third kappa shape index (κ3) is 3.69. The van der Waals surface area contributed by atoms with Gasteiger partial charge in [0.15, 0.2) is 0 Å². The zero-order chi connectivity index (χ0) is 12.8. The average molecular weight is 238 g/mol. The smallest absolute Gasteiger partial charge is 0.375 e. The van der Waals surface area contributed by atoms with E-state index in [2.05, 4.69) is 0 Å². The summed E-state index contributed by atoms with van der Waals surface area (Å²) in [5.74, 6) is -4.94. The summed E-state index contributed by atoms with van der Waals surface area (Å²) in [5.41, 5.74) is 0.650. The molecular formula is C11H10O6. The second-order valence-corrected chi connectivity index (χ2v) is 3.18. The van der Waals surface area contributed by atoms with Crippen molar-refractivity contribution in [2.75, 3.05) is 0 Å². The van der Waals surface area contributed by atoms with Gasteiger partial charge in [-0.3, -0.25) is 4.79 Å². The molecule has 1 aromatic rings. The standard InChI is InChI=1S/C11H10O6/c12-8(10(13)14)9(11(15)16)17-6-7-4-2-1-3-5-7/h1-5,9H,6H2,(H,13,14)(H,15,16). The van der Waals surface area contributed by atoms with Crippen LogP contribution in [0.25, 0.3) is 0 Å². The van der Waals surface area contributed by atoms with E-state index >= 15 is 0 Å². The maximum atomic E-state index is 11.0. The molecule has 0 radical (unpaired) electrons. The first-order valence-electron chi connectivity index (χ1n) is 4.68. The molecule has 6 heteroatoms. The summed E-state index contributed by atoms with van der Waals surface area (Å²) in [6, 6.07) is 8.54. The Morgan fingerprint density at radius 3 is 2.18 bits per heavy atom. The van der Waals surface area contributed by atoms with Crippen LogP contribution in [0.15, 0.2) is 30.3 Å². The lowest BCUT2D eigenvalue weighted by molar-refractivity contribution is -0.165. The number of carboxylic acids is 2. The number of carboxylic acid groups (broad SMARTS) is 2. The number of aliphatic carboxylic acids is 2. The SMILES string of the molecule is O=C(O)C(=O)C(OCc1ccccc1)C(=O)O. The van der Waals surface area contributed by atoms with E-state index in [1.54, 1.807) is 30.3 Å². The molecule has 0 saturated heterocycles. The Labute approximate surface area is 96.4 Å². The minimum Gasteiger partial charge on any atom is -0.479 e. The molecule has 6 nitrogen and oxygen atoms in total. The van der Waals surface area contributed by atoms with Gasteiger partial charge in [0.2, 0.25) is 6.10 Å². The van der Waals surface area contributed by atoms with E-state index in [9.17, 15) is 14.4 Å². The summed E-state index contributed by atoms with van der Waals surface area (Å²) in [7, 11) is 0. The average Bonchev–Trinajstić information content (AvgIpc) is 2.29. The van der Waals surface area contributed by atoms with Crippen LogP contribution in [0, 0.1) is 0 Å². The Morgan fingerprint density at radius 2 is 1.71 bits per heavy atom. The summed E-state index contributed by atoms with van der Waals surface area (Å²) >= 11 is 0. The molecule has 1 aromatic carbocycles. The third-order valence-electron chi connectivity index (χ3n) is 1.93. The number of carbonyl (C=O) groups is 3. The topological polar surface area (TPSA) is 101 Å². The fourth-order valence-corrected chi connectivity index (χ4v) is 1.13. The Kier molecular flexibility index (Phi) is 4.36. The molecule has 0 spiro atoms. The number of ketones is 1. The van der Waals surface area contributed by atoms with Crippen molar-refractivity contribution in [2.45, 2.75) is 12.7 Å². The van der Waals surface area contributed by atoms with Gasteiger partial charge in [0.25, 0.3) is 5.78 Å². The highest BCUT2D eigenvalue weighted by molar-refractivity contribution is 6.38. The predicted molar refractivity (Wildman–Crippen MR) is 55.3 cm³/mol. The van der Waals surface area contributed by atoms with Crippen molar-refractivity contribution in [3.63, 3.8) is 0 Å². The van der Waals surface area contributed by atoms with Crippen LogP contribution in [0.3, 0.4) is 0 Å². The molecule has 0 aliphatic heterocycles. The second kappa shape index (κ2) is 5.76. The largest absolute Gasteiger partial charge is 0.479 e. The van der Waals surface area contributed by atoms with E-state index in [1.165, 1.54) is 0 Å². The van der Waals surface area contributed by atoms with Crippen LogP contribution in [0.2, 0.25) is 0 Å². The molecule has 0 amide bonds. The number of hydrogen-bond acceptors (Lipinski definition) is 4. The zero-order valence-electron chi connectivity index (χ0n) is 8.70. The molecule has 0 aromatic heterocycles. The molecule has 17 heavy (non-hydrogen) atoms. The fourth-order valence-electron chi connectivity index (χ4n) is 1.13. The highest BCUT2D eigenvalue weighted by Gasteiger charge is 2.32. The van der Waals surface area contributed by atoms with Crippen molar-refractivity contribution in [3.8, 4) is 0 Å².